The second-order valence-corrected chi connectivity index (χ2v) is 4.55. The topological polar surface area (TPSA) is 87.8 Å². The van der Waals surface area contributed by atoms with E-state index in [0.29, 0.717) is 22.4 Å². The van der Waals surface area contributed by atoms with Crippen LogP contribution in [0.5, 0.6) is 0 Å². The van der Waals surface area contributed by atoms with Crippen LogP contribution >= 0.6 is 11.8 Å². The molecule has 2 amide bonds. The Kier molecular flexibility index (Phi) is 3.86. The molecule has 2 heterocycles. The van der Waals surface area contributed by atoms with Crippen LogP contribution in [0.3, 0.4) is 0 Å². The van der Waals surface area contributed by atoms with E-state index in [4.69, 9.17) is 9.52 Å². The van der Waals surface area contributed by atoms with Gasteiger partial charge in [0, 0.05) is 0 Å². The molecule has 1 aromatic rings. The highest BCUT2D eigenvalue weighted by molar-refractivity contribution is 8.18. The van der Waals surface area contributed by atoms with Gasteiger partial charge >= 0.3 is 5.97 Å². The third-order valence-corrected chi connectivity index (χ3v) is 3.14. The lowest BCUT2D eigenvalue weighted by Gasteiger charge is -2.07. The first kappa shape index (κ1) is 13.2. The largest absolute Gasteiger partial charge is 0.480 e. The van der Waals surface area contributed by atoms with Gasteiger partial charge in [0.1, 0.15) is 12.3 Å². The minimum atomic E-state index is -1.23. The van der Waals surface area contributed by atoms with Crippen LogP contribution in [0.15, 0.2) is 39.9 Å². The van der Waals surface area contributed by atoms with Crippen LogP contribution < -0.4 is 0 Å². The summed E-state index contributed by atoms with van der Waals surface area (Å²) in [5, 5.41) is 8.02. The highest BCUT2D eigenvalue weighted by Gasteiger charge is 2.35. The Hall–Kier alpha value is -2.28. The number of carboxylic acids is 1. The molecule has 19 heavy (non-hydrogen) atoms. The van der Waals surface area contributed by atoms with Gasteiger partial charge in [-0.3, -0.25) is 19.3 Å². The highest BCUT2D eigenvalue weighted by atomic mass is 32.2. The van der Waals surface area contributed by atoms with Crippen LogP contribution in [0.1, 0.15) is 5.76 Å². The van der Waals surface area contributed by atoms with Crippen molar-refractivity contribution in [3.63, 3.8) is 0 Å². The van der Waals surface area contributed by atoms with Crippen molar-refractivity contribution in [1.29, 1.82) is 0 Å². The Morgan fingerprint density at radius 3 is 2.89 bits per heavy atom. The molecule has 0 spiro atoms. The van der Waals surface area contributed by atoms with Gasteiger partial charge in [0.2, 0.25) is 0 Å². The van der Waals surface area contributed by atoms with Crippen molar-refractivity contribution in [2.75, 3.05) is 6.54 Å². The monoisotopic (exact) mass is 279 g/mol. The number of carbonyl (C=O) groups is 3. The van der Waals surface area contributed by atoms with E-state index in [2.05, 4.69) is 0 Å². The Balaban J connectivity index is 2.08. The standard InChI is InChI=1S/C12H9NO5S/c14-10(15)7-13-11(16)9(19-12(13)17)5-1-3-8-4-2-6-18-8/h1-6H,7H2,(H,14,15)/b3-1+,9-5-. The number of aliphatic carboxylic acids is 1. The van der Waals surface area contributed by atoms with Gasteiger partial charge < -0.3 is 9.52 Å². The molecular formula is C12H9NO5S. The van der Waals surface area contributed by atoms with Gasteiger partial charge in [-0.05, 0) is 36.0 Å². The summed E-state index contributed by atoms with van der Waals surface area (Å²) in [5.41, 5.74) is 0. The van der Waals surface area contributed by atoms with Crippen LogP contribution in [0.2, 0.25) is 0 Å². The van der Waals surface area contributed by atoms with Gasteiger partial charge in [0.05, 0.1) is 11.2 Å². The molecule has 1 aliphatic rings. The molecule has 0 atom stereocenters. The molecule has 2 rings (SSSR count). The molecule has 0 saturated carbocycles. The number of furan rings is 1. The molecule has 1 saturated heterocycles. The zero-order valence-electron chi connectivity index (χ0n) is 9.61. The fraction of sp³-hybridized carbons (Fsp3) is 0.0833. The average molecular weight is 279 g/mol. The van der Waals surface area contributed by atoms with E-state index in [9.17, 15) is 14.4 Å². The maximum absolute atomic E-state index is 11.7. The zero-order valence-corrected chi connectivity index (χ0v) is 10.4. The summed E-state index contributed by atoms with van der Waals surface area (Å²) >= 11 is 0.714. The van der Waals surface area contributed by atoms with Gasteiger partial charge in [0.25, 0.3) is 11.1 Å². The summed E-state index contributed by atoms with van der Waals surface area (Å²) in [6.45, 7) is -0.621. The van der Waals surface area contributed by atoms with Crippen LogP contribution in [0, 0.1) is 0 Å². The number of allylic oxidation sites excluding steroid dienone is 2. The minimum absolute atomic E-state index is 0.189. The number of imide groups is 1. The molecule has 0 aliphatic carbocycles. The van der Waals surface area contributed by atoms with Gasteiger partial charge in [-0.25, -0.2) is 0 Å². The van der Waals surface area contributed by atoms with E-state index in [1.165, 1.54) is 12.3 Å². The van der Waals surface area contributed by atoms with Crippen molar-refractivity contribution < 1.29 is 23.9 Å². The van der Waals surface area contributed by atoms with Gasteiger partial charge in [-0.1, -0.05) is 6.08 Å². The Labute approximate surface area is 112 Å². The maximum Gasteiger partial charge on any atom is 0.323 e. The number of amides is 2. The van der Waals surface area contributed by atoms with E-state index in [1.807, 2.05) is 0 Å². The number of hydrogen-bond donors (Lipinski definition) is 1. The van der Waals surface area contributed by atoms with E-state index >= 15 is 0 Å². The Bertz CT molecular complexity index is 573. The first-order valence-electron chi connectivity index (χ1n) is 5.25. The van der Waals surface area contributed by atoms with Crippen molar-refractivity contribution in [2.45, 2.75) is 0 Å². The van der Waals surface area contributed by atoms with Crippen molar-refractivity contribution >= 4 is 35.0 Å². The van der Waals surface area contributed by atoms with Crippen molar-refractivity contribution in [3.05, 3.63) is 41.2 Å². The van der Waals surface area contributed by atoms with Gasteiger partial charge in [-0.15, -0.1) is 0 Å². The molecule has 6 nitrogen and oxygen atoms in total. The number of nitrogens with zero attached hydrogens (tertiary/aromatic N) is 1. The molecule has 1 aliphatic heterocycles. The predicted molar refractivity (Wildman–Crippen MR) is 68.2 cm³/mol. The molecule has 1 N–H and O–H groups in total. The lowest BCUT2D eigenvalue weighted by molar-refractivity contribution is -0.140. The zero-order chi connectivity index (χ0) is 13.8. The smallest absolute Gasteiger partial charge is 0.323 e. The van der Waals surface area contributed by atoms with Crippen LogP contribution in [-0.4, -0.2) is 33.7 Å². The van der Waals surface area contributed by atoms with Crippen LogP contribution in [0.4, 0.5) is 4.79 Å². The van der Waals surface area contributed by atoms with Gasteiger partial charge in [-0.2, -0.15) is 0 Å². The highest BCUT2D eigenvalue weighted by Crippen LogP contribution is 2.30. The molecular weight excluding hydrogens is 270 g/mol. The summed E-state index contributed by atoms with van der Waals surface area (Å²) in [6.07, 6.45) is 6.16. The lowest BCUT2D eigenvalue weighted by Crippen LogP contribution is -2.33. The molecule has 0 aromatic carbocycles. The third kappa shape index (κ3) is 3.14. The minimum Gasteiger partial charge on any atom is -0.480 e. The summed E-state index contributed by atoms with van der Waals surface area (Å²) in [6, 6.07) is 3.46. The Morgan fingerprint density at radius 1 is 1.47 bits per heavy atom. The fourth-order valence-corrected chi connectivity index (χ4v) is 2.19. The molecule has 98 valence electrons. The average Bonchev–Trinajstić information content (AvgIpc) is 2.94. The number of hydrogen-bond acceptors (Lipinski definition) is 5. The maximum atomic E-state index is 11.7. The molecule has 1 fully saturated rings. The summed E-state index contributed by atoms with van der Waals surface area (Å²) in [7, 11) is 0. The molecule has 1 aromatic heterocycles. The molecule has 7 heteroatoms. The second-order valence-electron chi connectivity index (χ2n) is 3.56. The van der Waals surface area contributed by atoms with Crippen molar-refractivity contribution in [2.24, 2.45) is 0 Å². The molecule has 0 bridgehead atoms. The SMILES string of the molecule is O=C(O)CN1C(=O)S/C(=C\C=C\c2ccco2)C1=O. The summed E-state index contributed by atoms with van der Waals surface area (Å²) in [4.78, 5) is 34.6. The lowest BCUT2D eigenvalue weighted by atomic mass is 10.3. The van der Waals surface area contributed by atoms with E-state index < -0.39 is 23.7 Å². The molecule has 0 unspecified atom stereocenters. The third-order valence-electron chi connectivity index (χ3n) is 2.22. The first-order valence-corrected chi connectivity index (χ1v) is 6.07. The second kappa shape index (κ2) is 5.57. The van der Waals surface area contributed by atoms with Crippen LogP contribution in [0.25, 0.3) is 6.08 Å². The predicted octanol–water partition coefficient (Wildman–Crippen LogP) is 1.96. The van der Waals surface area contributed by atoms with E-state index in [-0.39, 0.29) is 4.91 Å². The first-order chi connectivity index (χ1) is 9.08. The van der Waals surface area contributed by atoms with Gasteiger partial charge in [0.15, 0.2) is 0 Å². The van der Waals surface area contributed by atoms with E-state index in [1.54, 1.807) is 24.3 Å². The fourth-order valence-electron chi connectivity index (χ4n) is 1.40. The number of carboxylic acid groups (broad SMARTS) is 1. The summed E-state index contributed by atoms with van der Waals surface area (Å²) in [5.74, 6) is -1.21. The molecule has 0 radical (unpaired) electrons. The normalized spacial score (nSPS) is 17.9. The summed E-state index contributed by atoms with van der Waals surface area (Å²) < 4.78 is 5.06. The number of carbonyl (C=O) groups excluding carboxylic acids is 2. The van der Waals surface area contributed by atoms with E-state index in [0.717, 1.165) is 0 Å². The number of thioether (sulfide) groups is 1. The van der Waals surface area contributed by atoms with Crippen LogP contribution in [-0.2, 0) is 9.59 Å². The quantitative estimate of drug-likeness (QED) is 0.847. The Morgan fingerprint density at radius 2 is 2.26 bits per heavy atom. The number of rotatable bonds is 4. The van der Waals surface area contributed by atoms with Crippen molar-refractivity contribution in [1.82, 2.24) is 4.90 Å². The van der Waals surface area contributed by atoms with Crippen molar-refractivity contribution in [3.8, 4) is 0 Å².